The van der Waals surface area contributed by atoms with Crippen molar-refractivity contribution >= 4 is 18.4 Å². The van der Waals surface area contributed by atoms with E-state index in [1.165, 1.54) is 11.1 Å². The zero-order valence-electron chi connectivity index (χ0n) is 16.1. The second-order valence-electron chi connectivity index (χ2n) is 5.99. The van der Waals surface area contributed by atoms with Crippen LogP contribution in [0.2, 0.25) is 0 Å². The molecule has 0 atom stereocenters. The van der Waals surface area contributed by atoms with Gasteiger partial charge in [0.25, 0.3) is 0 Å². The fourth-order valence-electron chi connectivity index (χ4n) is 1.90. The maximum Gasteiger partial charge on any atom is 0.327 e. The van der Waals surface area contributed by atoms with E-state index in [1.54, 1.807) is 0 Å². The summed E-state index contributed by atoms with van der Waals surface area (Å²) in [6, 6.07) is 20.9. The summed E-state index contributed by atoms with van der Waals surface area (Å²) in [6.45, 7) is 5.02. The molecule has 2 aromatic rings. The standard InChI is InChI=1S/2C9H13N.C3H4O2.ClH/c2*1-10(2)8-9-6-4-3-5-7-9;1-2-3(4)5;/h2*3-7H,8H2,1-2H3;2H,1H2,(H,4,5);1H. The van der Waals surface area contributed by atoms with Crippen LogP contribution in [0.15, 0.2) is 73.3 Å². The highest BCUT2D eigenvalue weighted by Crippen LogP contribution is 2.00. The molecule has 0 aliphatic carbocycles. The van der Waals surface area contributed by atoms with Gasteiger partial charge in [0.1, 0.15) is 0 Å². The second-order valence-corrected chi connectivity index (χ2v) is 5.99. The van der Waals surface area contributed by atoms with Crippen molar-refractivity contribution in [2.24, 2.45) is 0 Å². The van der Waals surface area contributed by atoms with E-state index >= 15 is 0 Å². The van der Waals surface area contributed by atoms with Crippen molar-refractivity contribution < 1.29 is 9.90 Å². The molecule has 0 radical (unpaired) electrons. The van der Waals surface area contributed by atoms with Crippen LogP contribution >= 0.6 is 12.4 Å². The van der Waals surface area contributed by atoms with Crippen molar-refractivity contribution in [3.05, 3.63) is 84.4 Å². The normalized spacial score (nSPS) is 9.15. The number of carboxylic acids is 1. The number of halogens is 1. The van der Waals surface area contributed by atoms with Crippen LogP contribution in [0.1, 0.15) is 11.1 Å². The zero-order valence-corrected chi connectivity index (χ0v) is 16.9. The van der Waals surface area contributed by atoms with E-state index in [1.807, 2.05) is 12.1 Å². The van der Waals surface area contributed by atoms with E-state index in [9.17, 15) is 4.79 Å². The summed E-state index contributed by atoms with van der Waals surface area (Å²) in [5.74, 6) is -0.981. The summed E-state index contributed by atoms with van der Waals surface area (Å²) in [7, 11) is 8.31. The van der Waals surface area contributed by atoms with Gasteiger partial charge in [-0.2, -0.15) is 0 Å². The van der Waals surface area contributed by atoms with Gasteiger partial charge in [0, 0.05) is 19.2 Å². The Bertz CT molecular complexity index is 542. The highest BCUT2D eigenvalue weighted by molar-refractivity contribution is 5.85. The minimum atomic E-state index is -0.981. The van der Waals surface area contributed by atoms with Crippen LogP contribution in [0.5, 0.6) is 0 Å². The number of benzene rings is 2. The molecule has 0 spiro atoms. The minimum Gasteiger partial charge on any atom is -0.478 e. The third kappa shape index (κ3) is 16.7. The van der Waals surface area contributed by atoms with E-state index in [-0.39, 0.29) is 12.4 Å². The summed E-state index contributed by atoms with van der Waals surface area (Å²) in [5, 5.41) is 7.60. The number of carboxylic acid groups (broad SMARTS) is 1. The highest BCUT2D eigenvalue weighted by Gasteiger charge is 1.91. The van der Waals surface area contributed by atoms with Crippen molar-refractivity contribution in [2.75, 3.05) is 28.2 Å². The van der Waals surface area contributed by atoms with E-state index in [0.717, 1.165) is 19.2 Å². The maximum absolute atomic E-state index is 9.25. The first-order valence-electron chi connectivity index (χ1n) is 8.07. The van der Waals surface area contributed by atoms with Gasteiger partial charge in [-0.05, 0) is 39.3 Å². The van der Waals surface area contributed by atoms with Gasteiger partial charge in [-0.25, -0.2) is 4.79 Å². The molecular weight excluding hydrogens is 348 g/mol. The van der Waals surface area contributed by atoms with E-state index in [2.05, 4.69) is 93.1 Å². The monoisotopic (exact) mass is 378 g/mol. The summed E-state index contributed by atoms with van der Waals surface area (Å²) < 4.78 is 0. The first kappa shape index (κ1) is 26.1. The van der Waals surface area contributed by atoms with Gasteiger partial charge in [-0.1, -0.05) is 67.2 Å². The largest absolute Gasteiger partial charge is 0.478 e. The Hall–Kier alpha value is -2.14. The lowest BCUT2D eigenvalue weighted by Crippen LogP contribution is -2.10. The summed E-state index contributed by atoms with van der Waals surface area (Å²) in [5.41, 5.74) is 2.74. The number of carbonyl (C=O) groups is 1. The lowest BCUT2D eigenvalue weighted by molar-refractivity contribution is -0.131. The van der Waals surface area contributed by atoms with Crippen molar-refractivity contribution in [2.45, 2.75) is 13.1 Å². The molecule has 0 saturated carbocycles. The minimum absolute atomic E-state index is 0. The van der Waals surface area contributed by atoms with Crippen LogP contribution in [0.4, 0.5) is 0 Å². The molecule has 5 heteroatoms. The molecule has 2 aromatic carbocycles. The van der Waals surface area contributed by atoms with Crippen molar-refractivity contribution in [1.82, 2.24) is 9.80 Å². The van der Waals surface area contributed by atoms with Crippen LogP contribution in [0.25, 0.3) is 0 Å². The van der Waals surface area contributed by atoms with E-state index in [0.29, 0.717) is 0 Å². The third-order valence-corrected chi connectivity index (χ3v) is 2.86. The van der Waals surface area contributed by atoms with Crippen molar-refractivity contribution in [1.29, 1.82) is 0 Å². The molecular formula is C21H31ClN2O2. The Kier molecular flexibility index (Phi) is 16.4. The average Bonchev–Trinajstić information content (AvgIpc) is 2.56. The SMILES string of the molecule is C=CC(=O)O.CN(C)Cc1ccccc1.CN(C)Cc1ccccc1.Cl. The molecule has 0 aliphatic heterocycles. The van der Waals surface area contributed by atoms with Gasteiger partial charge in [0.2, 0.25) is 0 Å². The van der Waals surface area contributed by atoms with Gasteiger partial charge in [0.15, 0.2) is 0 Å². The van der Waals surface area contributed by atoms with E-state index in [4.69, 9.17) is 5.11 Å². The zero-order chi connectivity index (χ0) is 19.1. The maximum atomic E-state index is 9.25. The molecule has 144 valence electrons. The smallest absolute Gasteiger partial charge is 0.327 e. The Morgan fingerprint density at radius 3 is 1.31 bits per heavy atom. The molecule has 0 bridgehead atoms. The van der Waals surface area contributed by atoms with Gasteiger partial charge < -0.3 is 14.9 Å². The predicted octanol–water partition coefficient (Wildman–Crippen LogP) is 4.18. The van der Waals surface area contributed by atoms with Crippen LogP contribution in [0, 0.1) is 0 Å². The van der Waals surface area contributed by atoms with Gasteiger partial charge in [-0.3, -0.25) is 0 Å². The predicted molar refractivity (Wildman–Crippen MR) is 113 cm³/mol. The van der Waals surface area contributed by atoms with Crippen LogP contribution in [-0.4, -0.2) is 49.1 Å². The second kappa shape index (κ2) is 16.3. The lowest BCUT2D eigenvalue weighted by atomic mass is 10.2. The fourth-order valence-corrected chi connectivity index (χ4v) is 1.90. The van der Waals surface area contributed by atoms with Crippen molar-refractivity contribution in [3.63, 3.8) is 0 Å². The molecule has 0 heterocycles. The third-order valence-electron chi connectivity index (χ3n) is 2.86. The number of rotatable bonds is 5. The first-order valence-corrected chi connectivity index (χ1v) is 8.07. The Morgan fingerprint density at radius 1 is 0.846 bits per heavy atom. The molecule has 0 unspecified atom stereocenters. The summed E-state index contributed by atoms with van der Waals surface area (Å²) in [6.07, 6.45) is 0.833. The Morgan fingerprint density at radius 2 is 1.12 bits per heavy atom. The Labute approximate surface area is 164 Å². The molecule has 2 rings (SSSR count). The average molecular weight is 379 g/mol. The molecule has 1 N–H and O–H groups in total. The topological polar surface area (TPSA) is 43.8 Å². The van der Waals surface area contributed by atoms with Gasteiger partial charge >= 0.3 is 5.97 Å². The molecule has 26 heavy (non-hydrogen) atoms. The molecule has 0 aliphatic rings. The number of nitrogens with zero attached hydrogens (tertiary/aromatic N) is 2. The number of hydrogen-bond acceptors (Lipinski definition) is 3. The number of hydrogen-bond donors (Lipinski definition) is 1. The molecule has 0 fully saturated rings. The first-order chi connectivity index (χ1) is 11.8. The van der Waals surface area contributed by atoms with Crippen molar-refractivity contribution in [3.8, 4) is 0 Å². The summed E-state index contributed by atoms with van der Waals surface area (Å²) >= 11 is 0. The van der Waals surface area contributed by atoms with Gasteiger partial charge in [-0.15, -0.1) is 12.4 Å². The summed E-state index contributed by atoms with van der Waals surface area (Å²) in [4.78, 5) is 13.6. The molecule has 0 amide bonds. The van der Waals surface area contributed by atoms with Crippen LogP contribution in [0.3, 0.4) is 0 Å². The molecule has 0 aromatic heterocycles. The Balaban J connectivity index is 0. The van der Waals surface area contributed by atoms with E-state index < -0.39 is 5.97 Å². The van der Waals surface area contributed by atoms with Crippen LogP contribution < -0.4 is 0 Å². The van der Waals surface area contributed by atoms with Crippen LogP contribution in [-0.2, 0) is 17.9 Å². The quantitative estimate of drug-likeness (QED) is 0.793. The van der Waals surface area contributed by atoms with Gasteiger partial charge in [0.05, 0.1) is 0 Å². The molecule has 4 nitrogen and oxygen atoms in total. The highest BCUT2D eigenvalue weighted by atomic mass is 35.5. The number of aliphatic carboxylic acids is 1. The molecule has 0 saturated heterocycles. The fraction of sp³-hybridized carbons (Fsp3) is 0.286. The lowest BCUT2D eigenvalue weighted by Gasteiger charge is -2.08.